The Bertz CT molecular complexity index is 406. The molecule has 21 heavy (non-hydrogen) atoms. The highest BCUT2D eigenvalue weighted by Crippen LogP contribution is 1.97. The van der Waals surface area contributed by atoms with Gasteiger partial charge in [0.05, 0.1) is 0 Å². The largest absolute Gasteiger partial charge is 0.330 e. The predicted molar refractivity (Wildman–Crippen MR) is 98.4 cm³/mol. The maximum atomic E-state index is 5.36. The van der Waals surface area contributed by atoms with E-state index < -0.39 is 0 Å². The van der Waals surface area contributed by atoms with Crippen LogP contribution < -0.4 is 5.73 Å². The second kappa shape index (κ2) is 18.1. The topological polar surface area (TPSA) is 26.0 Å². The number of hydrogen-bond acceptors (Lipinski definition) is 1. The lowest BCUT2D eigenvalue weighted by molar-refractivity contribution is 0.969. The van der Waals surface area contributed by atoms with Gasteiger partial charge in [0.1, 0.15) is 0 Å². The summed E-state index contributed by atoms with van der Waals surface area (Å²) >= 11 is 0. The van der Waals surface area contributed by atoms with Crippen LogP contribution in [-0.2, 0) is 6.42 Å². The quantitative estimate of drug-likeness (QED) is 0.784. The summed E-state index contributed by atoms with van der Waals surface area (Å²) in [5.41, 5.74) is 7.85. The Hall–Kier alpha value is -1.86. The standard InChI is InChI=1S/C8H11N.C8H8.2C2H6/c9-7-6-8-4-2-1-3-5-8;1-2-8-6-4-3-5-7-8;2*1-2/h1-5H,6-7,9H2;2-7H,1H2;2*1-2H3. The third kappa shape index (κ3) is 12.9. The SMILES string of the molecule is C=Cc1ccccc1.CC.CC.NCCc1ccccc1. The van der Waals surface area contributed by atoms with Crippen molar-refractivity contribution < 1.29 is 0 Å². The summed E-state index contributed by atoms with van der Waals surface area (Å²) in [7, 11) is 0. The molecule has 1 heteroatoms. The Morgan fingerprint density at radius 1 is 0.810 bits per heavy atom. The van der Waals surface area contributed by atoms with Crippen LogP contribution in [0.4, 0.5) is 0 Å². The summed E-state index contributed by atoms with van der Waals surface area (Å²) in [6, 6.07) is 20.3. The summed E-state index contributed by atoms with van der Waals surface area (Å²) in [6.07, 6.45) is 2.82. The average Bonchev–Trinajstić information content (AvgIpc) is 2.61. The first kappa shape index (κ1) is 21.4. The van der Waals surface area contributed by atoms with Crippen molar-refractivity contribution in [2.24, 2.45) is 5.73 Å². The van der Waals surface area contributed by atoms with Gasteiger partial charge in [0.25, 0.3) is 0 Å². The third-order valence-corrected chi connectivity index (χ3v) is 2.31. The van der Waals surface area contributed by atoms with Crippen LogP contribution in [0.1, 0.15) is 38.8 Å². The van der Waals surface area contributed by atoms with Crippen molar-refractivity contribution in [2.45, 2.75) is 34.1 Å². The molecular formula is C20H31N. The van der Waals surface area contributed by atoms with E-state index in [1.54, 1.807) is 0 Å². The molecule has 0 spiro atoms. The average molecular weight is 285 g/mol. The lowest BCUT2D eigenvalue weighted by Gasteiger charge is -1.93. The van der Waals surface area contributed by atoms with Gasteiger partial charge >= 0.3 is 0 Å². The number of hydrogen-bond donors (Lipinski definition) is 1. The molecule has 2 aromatic carbocycles. The van der Waals surface area contributed by atoms with Crippen LogP contribution in [0, 0.1) is 0 Å². The molecule has 0 bridgehead atoms. The highest BCUT2D eigenvalue weighted by molar-refractivity contribution is 5.45. The maximum Gasteiger partial charge on any atom is -0.00367 e. The summed E-state index contributed by atoms with van der Waals surface area (Å²) in [6.45, 7) is 12.4. The zero-order valence-corrected chi connectivity index (χ0v) is 14.0. The smallest absolute Gasteiger partial charge is 0.00367 e. The van der Waals surface area contributed by atoms with Gasteiger partial charge in [-0.2, -0.15) is 0 Å². The van der Waals surface area contributed by atoms with Crippen molar-refractivity contribution in [3.05, 3.63) is 78.4 Å². The number of benzene rings is 2. The van der Waals surface area contributed by atoms with Crippen LogP contribution in [0.3, 0.4) is 0 Å². The highest BCUT2D eigenvalue weighted by atomic mass is 14.5. The summed E-state index contributed by atoms with van der Waals surface area (Å²) < 4.78 is 0. The van der Waals surface area contributed by atoms with E-state index in [2.05, 4.69) is 18.7 Å². The fraction of sp³-hybridized carbons (Fsp3) is 0.300. The fourth-order valence-electron chi connectivity index (χ4n) is 1.40. The van der Waals surface area contributed by atoms with Gasteiger partial charge < -0.3 is 5.73 Å². The molecule has 0 aromatic heterocycles. The van der Waals surface area contributed by atoms with Crippen LogP contribution in [-0.4, -0.2) is 6.54 Å². The fourth-order valence-corrected chi connectivity index (χ4v) is 1.40. The van der Waals surface area contributed by atoms with E-state index >= 15 is 0 Å². The van der Waals surface area contributed by atoms with Crippen molar-refractivity contribution in [3.63, 3.8) is 0 Å². The molecule has 0 aliphatic carbocycles. The molecular weight excluding hydrogens is 254 g/mol. The van der Waals surface area contributed by atoms with Crippen molar-refractivity contribution in [1.29, 1.82) is 0 Å². The molecule has 0 saturated heterocycles. The van der Waals surface area contributed by atoms with Crippen molar-refractivity contribution in [1.82, 2.24) is 0 Å². The van der Waals surface area contributed by atoms with Crippen LogP contribution in [0.5, 0.6) is 0 Å². The molecule has 0 aliphatic rings. The Morgan fingerprint density at radius 3 is 1.57 bits per heavy atom. The van der Waals surface area contributed by atoms with E-state index in [0.717, 1.165) is 13.0 Å². The van der Waals surface area contributed by atoms with Crippen molar-refractivity contribution >= 4 is 6.08 Å². The highest BCUT2D eigenvalue weighted by Gasteiger charge is 1.84. The molecule has 2 aromatic rings. The van der Waals surface area contributed by atoms with Gasteiger partial charge in [0, 0.05) is 0 Å². The minimum atomic E-state index is 0.740. The summed E-state index contributed by atoms with van der Waals surface area (Å²) in [5.74, 6) is 0. The van der Waals surface area contributed by atoms with E-state index in [0.29, 0.717) is 0 Å². The first-order chi connectivity index (χ1) is 10.4. The Labute approximate surface area is 131 Å². The number of rotatable bonds is 3. The Balaban J connectivity index is 0. The minimum absolute atomic E-state index is 0.740. The first-order valence-corrected chi connectivity index (χ1v) is 7.78. The molecule has 0 saturated carbocycles. The van der Waals surface area contributed by atoms with Gasteiger partial charge in [-0.1, -0.05) is 101 Å². The van der Waals surface area contributed by atoms with E-state index in [9.17, 15) is 0 Å². The number of nitrogens with two attached hydrogens (primary N) is 1. The van der Waals surface area contributed by atoms with Gasteiger partial charge in [0.15, 0.2) is 0 Å². The van der Waals surface area contributed by atoms with Gasteiger partial charge in [-0.25, -0.2) is 0 Å². The van der Waals surface area contributed by atoms with Crippen molar-refractivity contribution in [3.8, 4) is 0 Å². The predicted octanol–water partition coefficient (Wildman–Crippen LogP) is 5.57. The lowest BCUT2D eigenvalue weighted by Crippen LogP contribution is -2.01. The molecule has 1 nitrogen and oxygen atoms in total. The maximum absolute atomic E-state index is 5.36. The molecule has 0 atom stereocenters. The van der Waals surface area contributed by atoms with Crippen LogP contribution in [0.2, 0.25) is 0 Å². The van der Waals surface area contributed by atoms with Crippen molar-refractivity contribution in [2.75, 3.05) is 6.54 Å². The molecule has 2 rings (SSSR count). The third-order valence-electron chi connectivity index (χ3n) is 2.31. The summed E-state index contributed by atoms with van der Waals surface area (Å²) in [4.78, 5) is 0. The molecule has 0 unspecified atom stereocenters. The second-order valence-electron chi connectivity index (χ2n) is 3.64. The molecule has 116 valence electrons. The Kier molecular flexibility index (Phi) is 18.5. The second-order valence-corrected chi connectivity index (χ2v) is 3.64. The molecule has 0 amide bonds. The monoisotopic (exact) mass is 285 g/mol. The van der Waals surface area contributed by atoms with E-state index in [-0.39, 0.29) is 0 Å². The van der Waals surface area contributed by atoms with Crippen LogP contribution in [0.15, 0.2) is 67.2 Å². The van der Waals surface area contributed by atoms with E-state index in [1.165, 1.54) is 11.1 Å². The van der Waals surface area contributed by atoms with E-state index in [4.69, 9.17) is 5.73 Å². The zero-order valence-electron chi connectivity index (χ0n) is 14.0. The van der Waals surface area contributed by atoms with Gasteiger partial charge in [-0.05, 0) is 24.1 Å². The van der Waals surface area contributed by atoms with Gasteiger partial charge in [-0.3, -0.25) is 0 Å². The lowest BCUT2D eigenvalue weighted by atomic mass is 10.2. The molecule has 0 radical (unpaired) electrons. The molecule has 0 fully saturated rings. The zero-order chi connectivity index (χ0) is 16.3. The first-order valence-electron chi connectivity index (χ1n) is 7.78. The van der Waals surface area contributed by atoms with Gasteiger partial charge in [0.2, 0.25) is 0 Å². The summed E-state index contributed by atoms with van der Waals surface area (Å²) in [5, 5.41) is 0. The normalized spacial score (nSPS) is 7.86. The molecule has 0 aliphatic heterocycles. The Morgan fingerprint density at radius 2 is 1.24 bits per heavy atom. The molecule has 2 N–H and O–H groups in total. The minimum Gasteiger partial charge on any atom is -0.330 e. The van der Waals surface area contributed by atoms with Crippen LogP contribution >= 0.6 is 0 Å². The molecule has 0 heterocycles. The van der Waals surface area contributed by atoms with E-state index in [1.807, 2.05) is 82.3 Å². The van der Waals surface area contributed by atoms with Crippen LogP contribution in [0.25, 0.3) is 6.08 Å². The van der Waals surface area contributed by atoms with Gasteiger partial charge in [-0.15, -0.1) is 0 Å².